The highest BCUT2D eigenvalue weighted by Crippen LogP contribution is 2.40. The predicted octanol–water partition coefficient (Wildman–Crippen LogP) is 5.83. The fourth-order valence-electron chi connectivity index (χ4n) is 4.08. The van der Waals surface area contributed by atoms with Crippen LogP contribution in [-0.2, 0) is 24.1 Å². The summed E-state index contributed by atoms with van der Waals surface area (Å²) in [4.78, 5) is 24.3. The molecule has 36 heavy (non-hydrogen) atoms. The van der Waals surface area contributed by atoms with Crippen LogP contribution in [0.1, 0.15) is 47.9 Å². The summed E-state index contributed by atoms with van der Waals surface area (Å²) in [6.45, 7) is 0.780. The van der Waals surface area contributed by atoms with Crippen molar-refractivity contribution in [1.82, 2.24) is 15.3 Å². The zero-order chi connectivity index (χ0) is 25.1. The van der Waals surface area contributed by atoms with Crippen LogP contribution < -0.4 is 10.2 Å². The molecular formula is C27H25F3N4O2. The molecule has 0 bridgehead atoms. The minimum absolute atomic E-state index is 0.0171. The van der Waals surface area contributed by atoms with Crippen molar-refractivity contribution < 1.29 is 22.4 Å². The Hall–Kier alpha value is -3.88. The molecule has 6 nitrogen and oxygen atoms in total. The number of carbonyl (C=O) groups is 1. The third kappa shape index (κ3) is 5.67. The van der Waals surface area contributed by atoms with Gasteiger partial charge in [-0.15, -0.1) is 0 Å². The van der Waals surface area contributed by atoms with Gasteiger partial charge >= 0.3 is 6.18 Å². The van der Waals surface area contributed by atoms with Crippen LogP contribution in [0.3, 0.4) is 0 Å². The Morgan fingerprint density at radius 2 is 1.89 bits per heavy atom. The number of aromatic nitrogens is 2. The fraction of sp³-hybridized carbons (Fsp3) is 0.296. The van der Waals surface area contributed by atoms with E-state index in [4.69, 9.17) is 14.4 Å². The second-order valence-electron chi connectivity index (χ2n) is 8.92. The van der Waals surface area contributed by atoms with E-state index in [-0.39, 0.29) is 18.9 Å². The molecule has 0 atom stereocenters. The zero-order valence-electron chi connectivity index (χ0n) is 19.5. The first kappa shape index (κ1) is 23.8. The second-order valence-corrected chi connectivity index (χ2v) is 8.92. The van der Waals surface area contributed by atoms with Gasteiger partial charge in [-0.1, -0.05) is 24.3 Å². The van der Waals surface area contributed by atoms with Gasteiger partial charge in [0.2, 0.25) is 5.91 Å². The van der Waals surface area contributed by atoms with Gasteiger partial charge < -0.3 is 14.6 Å². The van der Waals surface area contributed by atoms with Crippen molar-refractivity contribution in [2.75, 3.05) is 11.4 Å². The molecule has 0 radical (unpaired) electrons. The van der Waals surface area contributed by atoms with E-state index >= 15 is 0 Å². The van der Waals surface area contributed by atoms with E-state index in [2.05, 4.69) is 5.32 Å². The van der Waals surface area contributed by atoms with Crippen LogP contribution in [0.25, 0.3) is 10.9 Å². The van der Waals surface area contributed by atoms with Gasteiger partial charge in [-0.25, -0.2) is 9.97 Å². The Morgan fingerprint density at radius 3 is 2.64 bits per heavy atom. The Bertz CT molecular complexity index is 1350. The molecule has 2 heterocycles. The van der Waals surface area contributed by atoms with Crippen molar-refractivity contribution in [3.8, 4) is 0 Å². The highest BCUT2D eigenvalue weighted by molar-refractivity contribution is 5.89. The molecule has 1 amide bonds. The molecule has 0 spiro atoms. The fourth-order valence-corrected chi connectivity index (χ4v) is 4.08. The lowest BCUT2D eigenvalue weighted by Crippen LogP contribution is -2.31. The average Bonchev–Trinajstić information content (AvgIpc) is 3.60. The Morgan fingerprint density at radius 1 is 1.06 bits per heavy atom. The number of nitrogens with zero attached hydrogens (tertiary/aromatic N) is 3. The molecule has 0 unspecified atom stereocenters. The predicted molar refractivity (Wildman–Crippen MR) is 129 cm³/mol. The summed E-state index contributed by atoms with van der Waals surface area (Å²) < 4.78 is 44.5. The quantitative estimate of drug-likeness (QED) is 0.317. The molecule has 2 aromatic carbocycles. The Kier molecular flexibility index (Phi) is 6.63. The van der Waals surface area contributed by atoms with E-state index in [0.29, 0.717) is 24.6 Å². The number of anilines is 1. The van der Waals surface area contributed by atoms with Gasteiger partial charge in [0.05, 0.1) is 23.9 Å². The van der Waals surface area contributed by atoms with Crippen molar-refractivity contribution in [1.29, 1.82) is 0 Å². The van der Waals surface area contributed by atoms with E-state index in [9.17, 15) is 18.0 Å². The van der Waals surface area contributed by atoms with Crippen molar-refractivity contribution in [2.24, 2.45) is 0 Å². The first-order chi connectivity index (χ1) is 17.4. The molecular weight excluding hydrogens is 469 g/mol. The van der Waals surface area contributed by atoms with Crippen molar-refractivity contribution >= 4 is 22.6 Å². The number of halogens is 3. The van der Waals surface area contributed by atoms with Gasteiger partial charge in [0, 0.05) is 30.8 Å². The number of amides is 1. The number of alkyl halides is 3. The number of furan rings is 1. The maximum absolute atomic E-state index is 13.0. The lowest BCUT2D eigenvalue weighted by atomic mass is 10.1. The number of para-hydroxylation sites is 1. The number of rotatable bonds is 9. The smallest absolute Gasteiger partial charge is 0.416 e. The molecule has 1 fully saturated rings. The maximum Gasteiger partial charge on any atom is 0.416 e. The van der Waals surface area contributed by atoms with Crippen LogP contribution in [-0.4, -0.2) is 22.4 Å². The lowest BCUT2D eigenvalue weighted by Gasteiger charge is -2.24. The van der Waals surface area contributed by atoms with Crippen LogP contribution in [0.4, 0.5) is 19.0 Å². The summed E-state index contributed by atoms with van der Waals surface area (Å²) in [6, 6.07) is 16.4. The van der Waals surface area contributed by atoms with Crippen LogP contribution >= 0.6 is 0 Å². The Balaban J connectivity index is 1.32. The minimum Gasteiger partial charge on any atom is -0.467 e. The normalized spacial score (nSPS) is 13.6. The SMILES string of the molecule is O=C(CCN(Cc1ccco1)c1nc(C2CC2)nc2ccccc12)NCc1cccc(C(F)(F)F)c1. The largest absolute Gasteiger partial charge is 0.467 e. The second kappa shape index (κ2) is 10.0. The van der Waals surface area contributed by atoms with Gasteiger partial charge in [0.15, 0.2) is 0 Å². The van der Waals surface area contributed by atoms with Crippen LogP contribution in [0.5, 0.6) is 0 Å². The van der Waals surface area contributed by atoms with Gasteiger partial charge in [-0.05, 0) is 54.8 Å². The average molecular weight is 495 g/mol. The highest BCUT2D eigenvalue weighted by Gasteiger charge is 2.30. The molecule has 1 aliphatic carbocycles. The molecule has 4 aromatic rings. The summed E-state index contributed by atoms with van der Waals surface area (Å²) >= 11 is 0. The van der Waals surface area contributed by atoms with Gasteiger partial charge in [-0.2, -0.15) is 13.2 Å². The number of nitrogens with one attached hydrogen (secondary N) is 1. The molecule has 1 saturated carbocycles. The van der Waals surface area contributed by atoms with E-state index in [1.165, 1.54) is 6.07 Å². The number of carbonyl (C=O) groups excluding carboxylic acids is 1. The molecule has 2 aromatic heterocycles. The Labute approximate surface area is 206 Å². The summed E-state index contributed by atoms with van der Waals surface area (Å²) in [5.74, 6) is 2.37. The number of hydrogen-bond acceptors (Lipinski definition) is 5. The van der Waals surface area contributed by atoms with E-state index in [0.717, 1.165) is 53.3 Å². The summed E-state index contributed by atoms with van der Waals surface area (Å²) in [6.07, 6.45) is -0.562. The van der Waals surface area contributed by atoms with Crippen molar-refractivity contribution in [3.63, 3.8) is 0 Å². The highest BCUT2D eigenvalue weighted by atomic mass is 19.4. The van der Waals surface area contributed by atoms with Crippen molar-refractivity contribution in [2.45, 2.75) is 44.4 Å². The third-order valence-electron chi connectivity index (χ3n) is 6.12. The minimum atomic E-state index is -4.42. The van der Waals surface area contributed by atoms with Gasteiger partial charge in [-0.3, -0.25) is 4.79 Å². The number of fused-ring (bicyclic) bond motifs is 1. The topological polar surface area (TPSA) is 71.3 Å². The van der Waals surface area contributed by atoms with Crippen LogP contribution in [0.15, 0.2) is 71.3 Å². The maximum atomic E-state index is 13.0. The standard InChI is InChI=1S/C27H25F3N4O2/c28-27(29,30)20-6-3-5-18(15-20)16-31-24(35)12-13-34(17-21-7-4-14-36-21)26-22-8-1-2-9-23(22)32-25(33-26)19-10-11-19/h1-9,14-15,19H,10-13,16-17H2,(H,31,35). The lowest BCUT2D eigenvalue weighted by molar-refractivity contribution is -0.137. The summed E-state index contributed by atoms with van der Waals surface area (Å²) in [7, 11) is 0. The van der Waals surface area contributed by atoms with E-state index in [1.807, 2.05) is 41.3 Å². The van der Waals surface area contributed by atoms with E-state index in [1.54, 1.807) is 12.3 Å². The van der Waals surface area contributed by atoms with Crippen LogP contribution in [0.2, 0.25) is 0 Å². The number of benzene rings is 2. The van der Waals surface area contributed by atoms with Gasteiger partial charge in [0.1, 0.15) is 17.4 Å². The monoisotopic (exact) mass is 494 g/mol. The number of hydrogen-bond donors (Lipinski definition) is 1. The molecule has 1 aliphatic rings. The summed E-state index contributed by atoms with van der Waals surface area (Å²) in [5.41, 5.74) is 0.505. The van der Waals surface area contributed by atoms with Gasteiger partial charge in [0.25, 0.3) is 0 Å². The van der Waals surface area contributed by atoms with E-state index < -0.39 is 11.7 Å². The molecule has 1 N–H and O–H groups in total. The molecule has 0 saturated heterocycles. The molecule has 0 aliphatic heterocycles. The molecule has 5 rings (SSSR count). The van der Waals surface area contributed by atoms with Crippen molar-refractivity contribution in [3.05, 3.63) is 89.6 Å². The first-order valence-corrected chi connectivity index (χ1v) is 11.8. The summed E-state index contributed by atoms with van der Waals surface area (Å²) in [5, 5.41) is 3.62. The third-order valence-corrected chi connectivity index (χ3v) is 6.12. The zero-order valence-corrected chi connectivity index (χ0v) is 19.5. The van der Waals surface area contributed by atoms with Crippen LogP contribution in [0, 0.1) is 0 Å². The first-order valence-electron chi connectivity index (χ1n) is 11.8. The molecule has 186 valence electrons. The molecule has 9 heteroatoms.